The molecule has 0 bridgehead atoms. The van der Waals surface area contributed by atoms with Gasteiger partial charge in [0.2, 0.25) is 11.8 Å². The van der Waals surface area contributed by atoms with Crippen molar-refractivity contribution in [2.45, 2.75) is 32.2 Å². The summed E-state index contributed by atoms with van der Waals surface area (Å²) in [4.78, 5) is 26.8. The van der Waals surface area contributed by atoms with Crippen LogP contribution >= 0.6 is 0 Å². The van der Waals surface area contributed by atoms with Crippen molar-refractivity contribution in [3.8, 4) is 0 Å². The molecule has 26 heavy (non-hydrogen) atoms. The van der Waals surface area contributed by atoms with Crippen molar-refractivity contribution in [2.24, 2.45) is 11.3 Å². The van der Waals surface area contributed by atoms with E-state index in [2.05, 4.69) is 17.4 Å². The molecule has 1 aromatic heterocycles. The van der Waals surface area contributed by atoms with Crippen LogP contribution in [-0.4, -0.2) is 29.8 Å². The number of benzene rings is 1. The minimum absolute atomic E-state index is 0.00958. The molecule has 2 amide bonds. The summed E-state index contributed by atoms with van der Waals surface area (Å²) in [5.41, 5.74) is 1.20. The molecule has 1 saturated carbocycles. The van der Waals surface area contributed by atoms with Crippen molar-refractivity contribution in [2.75, 3.05) is 13.1 Å². The number of nitrogens with zero attached hydrogens (tertiary/aromatic N) is 1. The zero-order chi connectivity index (χ0) is 18.0. The minimum atomic E-state index is 0.00958. The highest BCUT2D eigenvalue weighted by Crippen LogP contribution is 2.58. The highest BCUT2D eigenvalue weighted by atomic mass is 16.3. The molecule has 2 fully saturated rings. The first kappa shape index (κ1) is 16.9. The molecule has 2 atom stereocenters. The van der Waals surface area contributed by atoms with Gasteiger partial charge in [-0.25, -0.2) is 0 Å². The highest BCUT2D eigenvalue weighted by molar-refractivity contribution is 5.83. The molecule has 2 heterocycles. The lowest BCUT2D eigenvalue weighted by Gasteiger charge is -2.17. The predicted molar refractivity (Wildman–Crippen MR) is 97.1 cm³/mol. The molecule has 0 unspecified atom stereocenters. The Labute approximate surface area is 153 Å². The summed E-state index contributed by atoms with van der Waals surface area (Å²) < 4.78 is 5.25. The molecule has 5 heteroatoms. The van der Waals surface area contributed by atoms with Gasteiger partial charge in [-0.15, -0.1) is 0 Å². The molecule has 1 saturated heterocycles. The third-order valence-corrected chi connectivity index (χ3v) is 5.73. The van der Waals surface area contributed by atoms with Gasteiger partial charge in [-0.2, -0.15) is 0 Å². The number of carbonyl (C=O) groups is 2. The number of hydrogen-bond acceptors (Lipinski definition) is 3. The van der Waals surface area contributed by atoms with Gasteiger partial charge >= 0.3 is 0 Å². The van der Waals surface area contributed by atoms with Gasteiger partial charge < -0.3 is 14.6 Å². The van der Waals surface area contributed by atoms with Crippen molar-refractivity contribution in [1.29, 1.82) is 0 Å². The summed E-state index contributed by atoms with van der Waals surface area (Å²) in [6.07, 6.45) is 4.74. The van der Waals surface area contributed by atoms with Crippen LogP contribution in [0.3, 0.4) is 0 Å². The Bertz CT molecular complexity index is 772. The van der Waals surface area contributed by atoms with Crippen LogP contribution in [0, 0.1) is 11.3 Å². The lowest BCUT2D eigenvalue weighted by molar-refractivity contribution is -0.130. The quantitative estimate of drug-likeness (QED) is 0.869. The normalized spacial score (nSPS) is 24.0. The smallest absolute Gasteiger partial charge is 0.224 e. The van der Waals surface area contributed by atoms with E-state index in [0.717, 1.165) is 38.1 Å². The van der Waals surface area contributed by atoms with Gasteiger partial charge in [0, 0.05) is 30.8 Å². The van der Waals surface area contributed by atoms with Gasteiger partial charge in [-0.05, 0) is 37.0 Å². The number of nitrogens with one attached hydrogen (secondary N) is 1. The summed E-state index contributed by atoms with van der Waals surface area (Å²) in [6, 6.07) is 13.8. The van der Waals surface area contributed by atoms with Crippen molar-refractivity contribution in [1.82, 2.24) is 10.2 Å². The third-order valence-electron chi connectivity index (χ3n) is 5.73. The predicted octanol–water partition coefficient (Wildman–Crippen LogP) is 2.77. The van der Waals surface area contributed by atoms with E-state index in [4.69, 9.17) is 4.42 Å². The summed E-state index contributed by atoms with van der Waals surface area (Å²) in [6.45, 7) is 1.92. The standard InChI is InChI=1S/C21H24N2O3/c24-19(9-8-16-5-2-1-3-6-16)23-11-10-21(15-23)13-18(21)20(25)22-14-17-7-4-12-26-17/h1-7,12,18H,8-11,13-15H2,(H,22,25)/t18-,21+/m0/s1. The molecule has 1 aromatic carbocycles. The zero-order valence-corrected chi connectivity index (χ0v) is 14.8. The molecule has 1 aliphatic carbocycles. The van der Waals surface area contributed by atoms with Crippen molar-refractivity contribution >= 4 is 11.8 Å². The zero-order valence-electron chi connectivity index (χ0n) is 14.8. The third kappa shape index (κ3) is 3.52. The lowest BCUT2D eigenvalue weighted by Crippen LogP contribution is -2.31. The number of furan rings is 1. The molecule has 1 N–H and O–H groups in total. The highest BCUT2D eigenvalue weighted by Gasteiger charge is 2.61. The summed E-state index contributed by atoms with van der Waals surface area (Å²) in [7, 11) is 0. The summed E-state index contributed by atoms with van der Waals surface area (Å²) >= 11 is 0. The second-order valence-corrected chi connectivity index (χ2v) is 7.47. The van der Waals surface area contributed by atoms with Gasteiger partial charge in [-0.3, -0.25) is 9.59 Å². The average molecular weight is 352 g/mol. The van der Waals surface area contributed by atoms with E-state index < -0.39 is 0 Å². The Kier molecular flexibility index (Phi) is 4.53. The number of carbonyl (C=O) groups excluding carboxylic acids is 2. The van der Waals surface area contributed by atoms with Gasteiger partial charge in [-0.1, -0.05) is 30.3 Å². The topological polar surface area (TPSA) is 62.6 Å². The van der Waals surface area contributed by atoms with Crippen LogP contribution in [0.5, 0.6) is 0 Å². The van der Waals surface area contributed by atoms with Gasteiger partial charge in [0.15, 0.2) is 0 Å². The number of hydrogen-bond donors (Lipinski definition) is 1. The summed E-state index contributed by atoms with van der Waals surface area (Å²) in [5, 5.41) is 2.95. The number of amides is 2. The van der Waals surface area contributed by atoms with Gasteiger partial charge in [0.1, 0.15) is 5.76 Å². The van der Waals surface area contributed by atoms with E-state index in [1.165, 1.54) is 5.56 Å². The maximum atomic E-state index is 12.5. The Morgan fingerprint density at radius 2 is 2.04 bits per heavy atom. The molecule has 1 aliphatic heterocycles. The Morgan fingerprint density at radius 3 is 2.81 bits per heavy atom. The van der Waals surface area contributed by atoms with E-state index in [9.17, 15) is 9.59 Å². The molecule has 0 radical (unpaired) electrons. The van der Waals surface area contributed by atoms with E-state index in [1.54, 1.807) is 6.26 Å². The average Bonchev–Trinajstić information content (AvgIpc) is 3.02. The fourth-order valence-corrected chi connectivity index (χ4v) is 4.04. The SMILES string of the molecule is O=C(NCc1ccco1)[C@@H]1C[C@@]12CCN(C(=O)CCc1ccccc1)C2. The second-order valence-electron chi connectivity index (χ2n) is 7.47. The van der Waals surface area contributed by atoms with Crippen molar-refractivity contribution in [3.05, 3.63) is 60.1 Å². The monoisotopic (exact) mass is 352 g/mol. The van der Waals surface area contributed by atoms with Crippen LogP contribution in [-0.2, 0) is 22.6 Å². The molecule has 136 valence electrons. The van der Waals surface area contributed by atoms with Crippen LogP contribution in [0.25, 0.3) is 0 Å². The first-order chi connectivity index (χ1) is 12.7. The molecule has 2 aliphatic rings. The number of aryl methyl sites for hydroxylation is 1. The maximum Gasteiger partial charge on any atom is 0.224 e. The van der Waals surface area contributed by atoms with Crippen LogP contribution in [0.1, 0.15) is 30.6 Å². The van der Waals surface area contributed by atoms with Crippen LogP contribution in [0.2, 0.25) is 0 Å². The maximum absolute atomic E-state index is 12.5. The van der Waals surface area contributed by atoms with E-state index in [1.807, 2.05) is 35.2 Å². The largest absolute Gasteiger partial charge is 0.467 e. The molecule has 1 spiro atoms. The lowest BCUT2D eigenvalue weighted by atomic mass is 10.0. The van der Waals surface area contributed by atoms with Crippen molar-refractivity contribution in [3.63, 3.8) is 0 Å². The molecule has 5 nitrogen and oxygen atoms in total. The van der Waals surface area contributed by atoms with E-state index >= 15 is 0 Å². The Hall–Kier alpha value is -2.56. The van der Waals surface area contributed by atoms with Crippen molar-refractivity contribution < 1.29 is 14.0 Å². The molecule has 4 rings (SSSR count). The fraction of sp³-hybridized carbons (Fsp3) is 0.429. The van der Waals surface area contributed by atoms with Crippen LogP contribution < -0.4 is 5.32 Å². The molecular weight excluding hydrogens is 328 g/mol. The van der Waals surface area contributed by atoms with Crippen LogP contribution in [0.4, 0.5) is 0 Å². The molecular formula is C21H24N2O3. The first-order valence-electron chi connectivity index (χ1n) is 9.28. The summed E-state index contributed by atoms with van der Waals surface area (Å²) in [5.74, 6) is 1.08. The minimum Gasteiger partial charge on any atom is -0.467 e. The van der Waals surface area contributed by atoms with Crippen LogP contribution in [0.15, 0.2) is 53.1 Å². The second kappa shape index (κ2) is 6.98. The fourth-order valence-electron chi connectivity index (χ4n) is 4.04. The van der Waals surface area contributed by atoms with Gasteiger partial charge in [0.05, 0.1) is 12.8 Å². The Balaban J connectivity index is 1.24. The molecule has 2 aromatic rings. The number of likely N-dealkylation sites (tertiary alicyclic amines) is 1. The number of rotatable bonds is 6. The van der Waals surface area contributed by atoms with E-state index in [-0.39, 0.29) is 23.1 Å². The first-order valence-corrected chi connectivity index (χ1v) is 9.28. The Morgan fingerprint density at radius 1 is 1.19 bits per heavy atom. The van der Waals surface area contributed by atoms with Gasteiger partial charge in [0.25, 0.3) is 0 Å². The van der Waals surface area contributed by atoms with E-state index in [0.29, 0.717) is 13.0 Å².